The highest BCUT2D eigenvalue weighted by Gasteiger charge is 2.11. The first-order chi connectivity index (χ1) is 13.1. The van der Waals surface area contributed by atoms with E-state index in [0.29, 0.717) is 12.8 Å². The Labute approximate surface area is 164 Å². The number of hydrogen-bond acceptors (Lipinski definition) is 5. The van der Waals surface area contributed by atoms with E-state index in [2.05, 4.69) is 0 Å². The number of aliphatic hydroxyl groups is 2. The molecule has 0 aliphatic carbocycles. The van der Waals surface area contributed by atoms with Gasteiger partial charge in [-0.3, -0.25) is 9.59 Å². The van der Waals surface area contributed by atoms with E-state index in [1.807, 2.05) is 0 Å². The SMILES string of the molecule is O=C(O)CCCCCCCCCCCCCCCCC(=O)OC(CO)CO. The zero-order valence-corrected chi connectivity index (χ0v) is 16.9. The lowest BCUT2D eigenvalue weighted by molar-refractivity contribution is -0.153. The number of aliphatic carboxylic acids is 1. The van der Waals surface area contributed by atoms with Crippen molar-refractivity contribution < 1.29 is 29.6 Å². The molecular formula is C21H40O6. The molecule has 27 heavy (non-hydrogen) atoms. The monoisotopic (exact) mass is 388 g/mol. The fourth-order valence-electron chi connectivity index (χ4n) is 3.04. The number of carboxylic acid groups (broad SMARTS) is 1. The molecule has 0 unspecified atom stereocenters. The Hall–Kier alpha value is -1.14. The van der Waals surface area contributed by atoms with E-state index in [4.69, 9.17) is 20.1 Å². The zero-order chi connectivity index (χ0) is 20.2. The van der Waals surface area contributed by atoms with E-state index in [9.17, 15) is 9.59 Å². The standard InChI is InChI=1S/C21H40O6/c22-17-19(18-23)27-21(26)16-14-12-10-8-6-4-2-1-3-5-7-9-11-13-15-20(24)25/h19,22-23H,1-18H2,(H,24,25). The smallest absolute Gasteiger partial charge is 0.306 e. The van der Waals surface area contributed by atoms with Gasteiger partial charge in [0.2, 0.25) is 0 Å². The number of esters is 1. The minimum atomic E-state index is -0.783. The number of carbonyl (C=O) groups is 2. The molecule has 6 nitrogen and oxygen atoms in total. The third-order valence-corrected chi connectivity index (χ3v) is 4.73. The number of carboxylic acids is 1. The molecule has 0 bridgehead atoms. The van der Waals surface area contributed by atoms with Crippen LogP contribution in [0.25, 0.3) is 0 Å². The maximum absolute atomic E-state index is 11.5. The van der Waals surface area contributed by atoms with Gasteiger partial charge in [0.15, 0.2) is 0 Å². The van der Waals surface area contributed by atoms with Crippen LogP contribution in [0.5, 0.6) is 0 Å². The molecule has 160 valence electrons. The average Bonchev–Trinajstić information content (AvgIpc) is 2.65. The van der Waals surface area contributed by atoms with Crippen LogP contribution >= 0.6 is 0 Å². The summed E-state index contributed by atoms with van der Waals surface area (Å²) < 4.78 is 4.91. The van der Waals surface area contributed by atoms with Crippen LogP contribution in [0.2, 0.25) is 0 Å². The summed E-state index contributed by atoms with van der Waals surface area (Å²) in [5, 5.41) is 26.2. The largest absolute Gasteiger partial charge is 0.481 e. The summed E-state index contributed by atoms with van der Waals surface area (Å²) in [6.45, 7) is -0.677. The second kappa shape index (κ2) is 19.6. The molecule has 0 atom stereocenters. The predicted molar refractivity (Wildman–Crippen MR) is 106 cm³/mol. The minimum absolute atomic E-state index is 0.304. The van der Waals surface area contributed by atoms with Crippen molar-refractivity contribution in [3.63, 3.8) is 0 Å². The predicted octanol–water partition coefficient (Wildman–Crippen LogP) is 4.21. The fourth-order valence-corrected chi connectivity index (χ4v) is 3.04. The van der Waals surface area contributed by atoms with Gasteiger partial charge in [-0.05, 0) is 12.8 Å². The Morgan fingerprint density at radius 2 is 0.926 bits per heavy atom. The molecule has 0 amide bonds. The molecule has 0 aromatic carbocycles. The van der Waals surface area contributed by atoms with Gasteiger partial charge in [-0.1, -0.05) is 77.0 Å². The van der Waals surface area contributed by atoms with E-state index in [0.717, 1.165) is 38.5 Å². The van der Waals surface area contributed by atoms with Crippen molar-refractivity contribution in [1.29, 1.82) is 0 Å². The molecule has 0 aromatic rings. The highest BCUT2D eigenvalue weighted by Crippen LogP contribution is 2.14. The zero-order valence-electron chi connectivity index (χ0n) is 16.9. The normalized spacial score (nSPS) is 11.1. The van der Waals surface area contributed by atoms with Crippen molar-refractivity contribution in [3.05, 3.63) is 0 Å². The van der Waals surface area contributed by atoms with E-state index >= 15 is 0 Å². The molecular weight excluding hydrogens is 348 g/mol. The number of aliphatic hydroxyl groups excluding tert-OH is 2. The molecule has 0 aromatic heterocycles. The molecule has 0 rings (SSSR count). The van der Waals surface area contributed by atoms with Crippen LogP contribution < -0.4 is 0 Å². The van der Waals surface area contributed by atoms with Crippen LogP contribution in [-0.4, -0.2) is 46.6 Å². The third-order valence-electron chi connectivity index (χ3n) is 4.73. The Balaban J connectivity index is 3.19. The van der Waals surface area contributed by atoms with E-state index < -0.39 is 12.1 Å². The number of carbonyl (C=O) groups excluding carboxylic acids is 1. The Morgan fingerprint density at radius 3 is 1.26 bits per heavy atom. The van der Waals surface area contributed by atoms with Gasteiger partial charge in [0, 0.05) is 12.8 Å². The van der Waals surface area contributed by atoms with Gasteiger partial charge in [0.1, 0.15) is 6.10 Å². The Morgan fingerprint density at radius 1 is 0.593 bits per heavy atom. The van der Waals surface area contributed by atoms with Gasteiger partial charge in [-0.15, -0.1) is 0 Å². The van der Waals surface area contributed by atoms with Crippen molar-refractivity contribution in [2.75, 3.05) is 13.2 Å². The van der Waals surface area contributed by atoms with Gasteiger partial charge in [-0.2, -0.15) is 0 Å². The molecule has 6 heteroatoms. The molecule has 0 aliphatic heterocycles. The molecule has 0 saturated carbocycles. The maximum atomic E-state index is 11.5. The van der Waals surface area contributed by atoms with E-state index in [1.165, 1.54) is 51.4 Å². The molecule has 0 saturated heterocycles. The van der Waals surface area contributed by atoms with Crippen LogP contribution in [-0.2, 0) is 14.3 Å². The molecule has 0 aliphatic rings. The summed E-state index contributed by atoms with van der Waals surface area (Å²) in [5.74, 6) is -1.03. The summed E-state index contributed by atoms with van der Waals surface area (Å²) in [6, 6.07) is 0. The minimum Gasteiger partial charge on any atom is -0.481 e. The fraction of sp³-hybridized carbons (Fsp3) is 0.905. The second-order valence-electron chi connectivity index (χ2n) is 7.32. The van der Waals surface area contributed by atoms with Crippen molar-refractivity contribution in [2.24, 2.45) is 0 Å². The highest BCUT2D eigenvalue weighted by molar-refractivity contribution is 5.69. The molecule has 0 heterocycles. The lowest BCUT2D eigenvalue weighted by Gasteiger charge is -2.12. The van der Waals surface area contributed by atoms with E-state index in [-0.39, 0.29) is 19.2 Å². The van der Waals surface area contributed by atoms with Gasteiger partial charge in [0.25, 0.3) is 0 Å². The van der Waals surface area contributed by atoms with Gasteiger partial charge >= 0.3 is 11.9 Å². The second-order valence-corrected chi connectivity index (χ2v) is 7.32. The molecule has 0 fully saturated rings. The lowest BCUT2D eigenvalue weighted by atomic mass is 10.0. The summed E-state index contributed by atoms with van der Waals surface area (Å²) >= 11 is 0. The van der Waals surface area contributed by atoms with E-state index in [1.54, 1.807) is 0 Å². The summed E-state index contributed by atoms with van der Waals surface area (Å²) in [7, 11) is 0. The summed E-state index contributed by atoms with van der Waals surface area (Å²) in [6.07, 6.45) is 15.9. The molecule has 0 radical (unpaired) electrons. The molecule has 3 N–H and O–H groups in total. The summed E-state index contributed by atoms with van der Waals surface area (Å²) in [5.41, 5.74) is 0. The van der Waals surface area contributed by atoms with Crippen LogP contribution in [0.15, 0.2) is 0 Å². The van der Waals surface area contributed by atoms with Crippen molar-refractivity contribution >= 4 is 11.9 Å². The van der Waals surface area contributed by atoms with Gasteiger partial charge in [-0.25, -0.2) is 0 Å². The van der Waals surface area contributed by atoms with Gasteiger partial charge in [0.05, 0.1) is 13.2 Å². The first kappa shape index (κ1) is 25.9. The topological polar surface area (TPSA) is 104 Å². The van der Waals surface area contributed by atoms with Crippen LogP contribution in [0, 0.1) is 0 Å². The van der Waals surface area contributed by atoms with Crippen LogP contribution in [0.4, 0.5) is 0 Å². The third kappa shape index (κ3) is 19.4. The maximum Gasteiger partial charge on any atom is 0.306 e. The average molecular weight is 389 g/mol. The van der Waals surface area contributed by atoms with Crippen molar-refractivity contribution in [1.82, 2.24) is 0 Å². The number of unbranched alkanes of at least 4 members (excludes halogenated alkanes) is 13. The van der Waals surface area contributed by atoms with Crippen molar-refractivity contribution in [3.8, 4) is 0 Å². The molecule has 0 spiro atoms. The number of rotatable bonds is 20. The first-order valence-corrected chi connectivity index (χ1v) is 10.7. The first-order valence-electron chi connectivity index (χ1n) is 10.7. The Bertz CT molecular complexity index is 355. The summed E-state index contributed by atoms with van der Waals surface area (Å²) in [4.78, 5) is 21.8. The highest BCUT2D eigenvalue weighted by atomic mass is 16.6. The van der Waals surface area contributed by atoms with Crippen LogP contribution in [0.1, 0.15) is 103 Å². The Kier molecular flexibility index (Phi) is 18.8. The van der Waals surface area contributed by atoms with Crippen molar-refractivity contribution in [2.45, 2.75) is 109 Å². The number of hydrogen-bond donors (Lipinski definition) is 3. The number of ether oxygens (including phenoxy) is 1. The van der Waals surface area contributed by atoms with Crippen LogP contribution in [0.3, 0.4) is 0 Å². The van der Waals surface area contributed by atoms with Gasteiger partial charge < -0.3 is 20.1 Å². The lowest BCUT2D eigenvalue weighted by Crippen LogP contribution is -2.25. The quantitative estimate of drug-likeness (QED) is 0.213.